The SMILES string of the molecule is CN(c1ccc(Cl)cc1)c1ccc(OCc2ccccc2)c(C2(C)OCCO2)c1. The molecular weight excluding hydrogens is 386 g/mol. The Balaban J connectivity index is 1.65. The fraction of sp³-hybridized carbons (Fsp3) is 0.250. The van der Waals surface area contributed by atoms with Crippen LogP contribution in [0.3, 0.4) is 0 Å². The van der Waals surface area contributed by atoms with E-state index in [-0.39, 0.29) is 0 Å². The molecule has 0 amide bonds. The van der Waals surface area contributed by atoms with Gasteiger partial charge in [0.25, 0.3) is 0 Å². The maximum Gasteiger partial charge on any atom is 0.195 e. The van der Waals surface area contributed by atoms with E-state index in [1.165, 1.54) is 0 Å². The molecule has 0 radical (unpaired) electrons. The second kappa shape index (κ2) is 8.46. The van der Waals surface area contributed by atoms with Crippen molar-refractivity contribution < 1.29 is 14.2 Å². The normalized spacial score (nSPS) is 15.3. The third kappa shape index (κ3) is 4.40. The average Bonchev–Trinajstić information content (AvgIpc) is 3.20. The maximum atomic E-state index is 6.16. The molecule has 0 aliphatic carbocycles. The van der Waals surface area contributed by atoms with Crippen molar-refractivity contribution in [2.75, 3.05) is 25.2 Å². The van der Waals surface area contributed by atoms with Crippen molar-refractivity contribution in [1.82, 2.24) is 0 Å². The summed E-state index contributed by atoms with van der Waals surface area (Å²) in [5.74, 6) is -0.0745. The fourth-order valence-corrected chi connectivity index (χ4v) is 3.55. The second-order valence-corrected chi connectivity index (χ2v) is 7.57. The Morgan fingerprint density at radius 2 is 1.59 bits per heavy atom. The highest BCUT2D eigenvalue weighted by atomic mass is 35.5. The Morgan fingerprint density at radius 3 is 2.28 bits per heavy atom. The number of halogens is 1. The molecule has 1 saturated heterocycles. The van der Waals surface area contributed by atoms with E-state index in [9.17, 15) is 0 Å². The first-order chi connectivity index (χ1) is 14.0. The van der Waals surface area contributed by atoms with Gasteiger partial charge < -0.3 is 19.1 Å². The van der Waals surface area contributed by atoms with Crippen LogP contribution in [-0.4, -0.2) is 20.3 Å². The van der Waals surface area contributed by atoms with E-state index < -0.39 is 5.79 Å². The molecule has 0 saturated carbocycles. The third-order valence-corrected chi connectivity index (χ3v) is 5.38. The summed E-state index contributed by atoms with van der Waals surface area (Å²) in [5, 5.41) is 0.716. The van der Waals surface area contributed by atoms with E-state index in [4.69, 9.17) is 25.8 Å². The molecular formula is C24H24ClNO3. The van der Waals surface area contributed by atoms with Gasteiger partial charge in [-0.3, -0.25) is 0 Å². The summed E-state index contributed by atoms with van der Waals surface area (Å²) in [4.78, 5) is 2.10. The van der Waals surface area contributed by atoms with Crippen molar-refractivity contribution in [3.8, 4) is 5.75 Å². The molecule has 3 aromatic rings. The number of rotatable bonds is 6. The predicted octanol–water partition coefficient (Wildman–Crippen LogP) is 5.91. The van der Waals surface area contributed by atoms with Gasteiger partial charge in [0.1, 0.15) is 12.4 Å². The van der Waals surface area contributed by atoms with Gasteiger partial charge in [-0.15, -0.1) is 0 Å². The number of ether oxygens (including phenoxy) is 3. The van der Waals surface area contributed by atoms with Crippen LogP contribution >= 0.6 is 11.6 Å². The molecule has 4 nitrogen and oxygen atoms in total. The van der Waals surface area contributed by atoms with Crippen molar-refractivity contribution in [3.05, 3.63) is 88.9 Å². The van der Waals surface area contributed by atoms with Gasteiger partial charge in [0.15, 0.2) is 5.79 Å². The van der Waals surface area contributed by atoms with Gasteiger partial charge in [0.2, 0.25) is 0 Å². The highest BCUT2D eigenvalue weighted by Crippen LogP contribution is 2.40. The van der Waals surface area contributed by atoms with E-state index >= 15 is 0 Å². The topological polar surface area (TPSA) is 30.9 Å². The summed E-state index contributed by atoms with van der Waals surface area (Å²) in [7, 11) is 2.02. The molecule has 0 N–H and O–H groups in total. The molecule has 1 fully saturated rings. The fourth-order valence-electron chi connectivity index (χ4n) is 3.43. The Labute approximate surface area is 176 Å². The van der Waals surface area contributed by atoms with Gasteiger partial charge in [-0.2, -0.15) is 0 Å². The van der Waals surface area contributed by atoms with Crippen molar-refractivity contribution in [3.63, 3.8) is 0 Å². The van der Waals surface area contributed by atoms with E-state index in [0.29, 0.717) is 24.8 Å². The second-order valence-electron chi connectivity index (χ2n) is 7.13. The zero-order valence-corrected chi connectivity index (χ0v) is 17.4. The van der Waals surface area contributed by atoms with Crippen LogP contribution in [0.5, 0.6) is 5.75 Å². The zero-order chi connectivity index (χ0) is 20.3. The first kappa shape index (κ1) is 19.8. The molecule has 0 atom stereocenters. The van der Waals surface area contributed by atoms with Crippen LogP contribution in [0.15, 0.2) is 72.8 Å². The van der Waals surface area contributed by atoms with Crippen LogP contribution in [0.1, 0.15) is 18.1 Å². The maximum absolute atomic E-state index is 6.16. The number of hydrogen-bond acceptors (Lipinski definition) is 4. The number of benzene rings is 3. The van der Waals surface area contributed by atoms with Crippen LogP contribution in [0, 0.1) is 0 Å². The van der Waals surface area contributed by atoms with E-state index in [1.807, 2.05) is 80.7 Å². The van der Waals surface area contributed by atoms with Crippen LogP contribution in [-0.2, 0) is 21.9 Å². The predicted molar refractivity (Wildman–Crippen MR) is 116 cm³/mol. The number of nitrogens with zero attached hydrogens (tertiary/aromatic N) is 1. The number of hydrogen-bond donors (Lipinski definition) is 0. The molecule has 5 heteroatoms. The van der Waals surface area contributed by atoms with Crippen LogP contribution in [0.25, 0.3) is 0 Å². The molecule has 1 heterocycles. The highest BCUT2D eigenvalue weighted by molar-refractivity contribution is 6.30. The molecule has 1 aliphatic rings. The lowest BCUT2D eigenvalue weighted by molar-refractivity contribution is -0.150. The lowest BCUT2D eigenvalue weighted by Gasteiger charge is -2.28. The van der Waals surface area contributed by atoms with E-state index in [1.54, 1.807) is 0 Å². The first-order valence-electron chi connectivity index (χ1n) is 9.64. The monoisotopic (exact) mass is 409 g/mol. The standard InChI is InChI=1S/C24H24ClNO3/c1-24(28-14-15-29-24)22-16-21(26(2)20-10-8-19(25)9-11-20)12-13-23(22)27-17-18-6-4-3-5-7-18/h3-13,16H,14-15,17H2,1-2H3. The molecule has 1 aliphatic heterocycles. The lowest BCUT2D eigenvalue weighted by Crippen LogP contribution is -2.24. The van der Waals surface area contributed by atoms with Crippen LogP contribution < -0.4 is 9.64 Å². The smallest absolute Gasteiger partial charge is 0.195 e. The molecule has 0 spiro atoms. The summed E-state index contributed by atoms with van der Waals surface area (Å²) in [6.45, 7) is 3.55. The van der Waals surface area contributed by atoms with Crippen molar-refractivity contribution in [2.24, 2.45) is 0 Å². The Hall–Kier alpha value is -2.53. The van der Waals surface area contributed by atoms with Gasteiger partial charge in [-0.1, -0.05) is 41.9 Å². The third-order valence-electron chi connectivity index (χ3n) is 5.13. The van der Waals surface area contributed by atoms with E-state index in [0.717, 1.165) is 28.3 Å². The summed E-state index contributed by atoms with van der Waals surface area (Å²) >= 11 is 6.03. The summed E-state index contributed by atoms with van der Waals surface area (Å²) in [6, 6.07) is 24.0. The number of anilines is 2. The summed E-state index contributed by atoms with van der Waals surface area (Å²) in [6.07, 6.45) is 0. The molecule has 0 aromatic heterocycles. The van der Waals surface area contributed by atoms with Crippen molar-refractivity contribution in [2.45, 2.75) is 19.3 Å². The van der Waals surface area contributed by atoms with Gasteiger partial charge in [0, 0.05) is 23.4 Å². The Morgan fingerprint density at radius 1 is 0.931 bits per heavy atom. The Bertz CT molecular complexity index is 954. The lowest BCUT2D eigenvalue weighted by atomic mass is 10.0. The molecule has 29 heavy (non-hydrogen) atoms. The van der Waals surface area contributed by atoms with Gasteiger partial charge in [-0.05, 0) is 55.0 Å². The van der Waals surface area contributed by atoms with Crippen LogP contribution in [0.4, 0.5) is 11.4 Å². The first-order valence-corrected chi connectivity index (χ1v) is 10.0. The minimum absolute atomic E-state index is 0.482. The molecule has 150 valence electrons. The average molecular weight is 410 g/mol. The molecule has 0 bridgehead atoms. The van der Waals surface area contributed by atoms with Gasteiger partial charge in [-0.25, -0.2) is 0 Å². The van der Waals surface area contributed by atoms with Crippen molar-refractivity contribution >= 4 is 23.0 Å². The van der Waals surface area contributed by atoms with Crippen LogP contribution in [0.2, 0.25) is 5.02 Å². The molecule has 0 unspecified atom stereocenters. The molecule has 3 aromatic carbocycles. The minimum Gasteiger partial charge on any atom is -0.488 e. The zero-order valence-electron chi connectivity index (χ0n) is 16.6. The van der Waals surface area contributed by atoms with Gasteiger partial charge >= 0.3 is 0 Å². The highest BCUT2D eigenvalue weighted by Gasteiger charge is 2.36. The minimum atomic E-state index is -0.830. The summed E-state index contributed by atoms with van der Waals surface area (Å²) < 4.78 is 18.0. The van der Waals surface area contributed by atoms with Crippen molar-refractivity contribution in [1.29, 1.82) is 0 Å². The van der Waals surface area contributed by atoms with E-state index in [2.05, 4.69) is 11.0 Å². The summed E-state index contributed by atoms with van der Waals surface area (Å²) in [5.41, 5.74) is 4.04. The Kier molecular flexibility index (Phi) is 5.76. The largest absolute Gasteiger partial charge is 0.488 e. The quantitative estimate of drug-likeness (QED) is 0.506. The van der Waals surface area contributed by atoms with Gasteiger partial charge in [0.05, 0.1) is 18.8 Å². The molecule has 4 rings (SSSR count).